The van der Waals surface area contributed by atoms with Crippen LogP contribution in [0.3, 0.4) is 0 Å². The summed E-state index contributed by atoms with van der Waals surface area (Å²) in [5.74, 6) is -0.432. The Morgan fingerprint density at radius 2 is 1.92 bits per heavy atom. The smallest absolute Gasteiger partial charge is 0.383 e. The van der Waals surface area contributed by atoms with Crippen LogP contribution in [0.15, 0.2) is 42.7 Å². The number of hydrogen-bond donors (Lipinski definition) is 0. The molecule has 1 aromatic heterocycles. The molecule has 2 heterocycles. The Balaban J connectivity index is 2.14. The summed E-state index contributed by atoms with van der Waals surface area (Å²) in [5.41, 5.74) is 0.636. The highest BCUT2D eigenvalue weighted by Crippen LogP contribution is 2.43. The summed E-state index contributed by atoms with van der Waals surface area (Å²) in [7, 11) is 3.55. The van der Waals surface area contributed by atoms with E-state index in [-0.39, 0.29) is 10.8 Å². The molecule has 8 heteroatoms. The van der Waals surface area contributed by atoms with Gasteiger partial charge < -0.3 is 4.90 Å². The molecule has 1 aliphatic rings. The van der Waals surface area contributed by atoms with Gasteiger partial charge in [-0.15, -0.1) is 0 Å². The highest BCUT2D eigenvalue weighted by atomic mass is 35.5. The Hall–Kier alpha value is -2.54. The van der Waals surface area contributed by atoms with Gasteiger partial charge in [-0.2, -0.15) is 13.2 Å². The minimum atomic E-state index is -4.56. The van der Waals surface area contributed by atoms with Crippen molar-refractivity contribution in [3.05, 3.63) is 58.9 Å². The molecule has 0 unspecified atom stereocenters. The van der Waals surface area contributed by atoms with E-state index in [1.807, 2.05) is 0 Å². The predicted octanol–water partition coefficient (Wildman–Crippen LogP) is 4.33. The average molecular weight is 368 g/mol. The maximum absolute atomic E-state index is 12.8. The van der Waals surface area contributed by atoms with Gasteiger partial charge in [0, 0.05) is 32.1 Å². The van der Waals surface area contributed by atoms with E-state index in [0.29, 0.717) is 23.0 Å². The van der Waals surface area contributed by atoms with Crippen molar-refractivity contribution in [1.29, 1.82) is 0 Å². The molecule has 0 bridgehead atoms. The molecular formula is C17H13ClF3N3O. The van der Waals surface area contributed by atoms with Gasteiger partial charge in [-0.25, -0.2) is 4.98 Å². The number of benzene rings is 1. The molecule has 0 saturated carbocycles. The first kappa shape index (κ1) is 17.3. The number of carbonyl (C=O) groups is 1. The van der Waals surface area contributed by atoms with Gasteiger partial charge in [0.1, 0.15) is 0 Å². The lowest BCUT2D eigenvalue weighted by Gasteiger charge is -2.18. The second kappa shape index (κ2) is 6.07. The summed E-state index contributed by atoms with van der Waals surface area (Å²) in [6.07, 6.45) is -2.23. The van der Waals surface area contributed by atoms with Crippen molar-refractivity contribution >= 4 is 34.6 Å². The van der Waals surface area contributed by atoms with Gasteiger partial charge in [0.2, 0.25) is 0 Å². The minimum absolute atomic E-state index is 0.0331. The summed E-state index contributed by atoms with van der Waals surface area (Å²) >= 11 is 6.01. The van der Waals surface area contributed by atoms with Gasteiger partial charge in [-0.05, 0) is 12.1 Å². The van der Waals surface area contributed by atoms with Gasteiger partial charge in [0.05, 0.1) is 21.8 Å². The lowest BCUT2D eigenvalue weighted by Crippen LogP contribution is -2.23. The fourth-order valence-corrected chi connectivity index (χ4v) is 2.84. The zero-order valence-corrected chi connectivity index (χ0v) is 14.1. The molecular weight excluding hydrogens is 355 g/mol. The average Bonchev–Trinajstić information content (AvgIpc) is 2.79. The van der Waals surface area contributed by atoms with Crippen molar-refractivity contribution in [3.63, 3.8) is 0 Å². The number of para-hydroxylation sites is 1. The summed E-state index contributed by atoms with van der Waals surface area (Å²) in [4.78, 5) is 19.6. The molecule has 0 aliphatic carbocycles. The topological polar surface area (TPSA) is 36.4 Å². The van der Waals surface area contributed by atoms with E-state index >= 15 is 0 Å². The second-order valence-electron chi connectivity index (χ2n) is 5.69. The first-order valence-corrected chi connectivity index (χ1v) is 7.63. The van der Waals surface area contributed by atoms with E-state index in [1.165, 1.54) is 4.90 Å². The van der Waals surface area contributed by atoms with Crippen molar-refractivity contribution in [2.24, 2.45) is 0 Å². The number of halogens is 4. The summed E-state index contributed by atoms with van der Waals surface area (Å²) in [6, 6.07) is 7.74. The first-order chi connectivity index (χ1) is 11.7. The molecule has 25 heavy (non-hydrogen) atoms. The molecule has 3 rings (SSSR count). The Kier molecular flexibility index (Phi) is 4.20. The highest BCUT2D eigenvalue weighted by Gasteiger charge is 2.37. The van der Waals surface area contributed by atoms with E-state index < -0.39 is 17.6 Å². The summed E-state index contributed by atoms with van der Waals surface area (Å²) < 4.78 is 38.4. The van der Waals surface area contributed by atoms with E-state index in [1.54, 1.807) is 49.5 Å². The monoisotopic (exact) mass is 367 g/mol. The van der Waals surface area contributed by atoms with E-state index in [4.69, 9.17) is 11.6 Å². The Morgan fingerprint density at radius 3 is 2.52 bits per heavy atom. The van der Waals surface area contributed by atoms with E-state index in [2.05, 4.69) is 4.98 Å². The van der Waals surface area contributed by atoms with Crippen LogP contribution in [0.1, 0.15) is 11.1 Å². The maximum atomic E-state index is 12.8. The zero-order chi connectivity index (χ0) is 18.4. The molecule has 130 valence electrons. The molecule has 0 atom stereocenters. The third-order valence-corrected chi connectivity index (χ3v) is 3.89. The molecule has 0 radical (unpaired) electrons. The maximum Gasteiger partial charge on any atom is 0.417 e. The van der Waals surface area contributed by atoms with Crippen molar-refractivity contribution in [1.82, 2.24) is 9.88 Å². The fourth-order valence-electron chi connectivity index (χ4n) is 2.58. The molecule has 0 spiro atoms. The lowest BCUT2D eigenvalue weighted by atomic mass is 10.1. The van der Waals surface area contributed by atoms with E-state index in [0.717, 1.165) is 6.07 Å². The van der Waals surface area contributed by atoms with Crippen LogP contribution in [0.2, 0.25) is 5.02 Å². The second-order valence-corrected chi connectivity index (χ2v) is 6.10. The number of aromatic nitrogens is 1. The zero-order valence-electron chi connectivity index (χ0n) is 13.3. The van der Waals surface area contributed by atoms with Crippen molar-refractivity contribution in [2.45, 2.75) is 6.18 Å². The van der Waals surface area contributed by atoms with Crippen LogP contribution in [0.4, 0.5) is 24.7 Å². The number of nitrogens with zero attached hydrogens (tertiary/aromatic N) is 3. The molecule has 2 aromatic rings. The summed E-state index contributed by atoms with van der Waals surface area (Å²) in [5, 5.41) is -0.246. The predicted molar refractivity (Wildman–Crippen MR) is 89.5 cm³/mol. The van der Waals surface area contributed by atoms with Crippen LogP contribution in [0.25, 0.3) is 5.57 Å². The Bertz CT molecular complexity index is 878. The number of fused-ring (bicyclic) bond motifs is 1. The lowest BCUT2D eigenvalue weighted by molar-refractivity contribution is -0.137. The van der Waals surface area contributed by atoms with Gasteiger partial charge in [0.15, 0.2) is 5.82 Å². The van der Waals surface area contributed by atoms with Gasteiger partial charge in [0.25, 0.3) is 5.91 Å². The number of carbonyl (C=O) groups excluding carboxylic acids is 1. The van der Waals surface area contributed by atoms with Crippen LogP contribution >= 0.6 is 11.6 Å². The highest BCUT2D eigenvalue weighted by molar-refractivity contribution is 6.38. The van der Waals surface area contributed by atoms with Crippen LogP contribution in [0.5, 0.6) is 0 Å². The van der Waals surface area contributed by atoms with Crippen molar-refractivity contribution < 1.29 is 18.0 Å². The third kappa shape index (κ3) is 3.07. The number of rotatable bonds is 2. The molecule has 0 N–H and O–H groups in total. The van der Waals surface area contributed by atoms with Crippen molar-refractivity contribution in [3.8, 4) is 0 Å². The van der Waals surface area contributed by atoms with Gasteiger partial charge in [-0.3, -0.25) is 9.69 Å². The molecule has 1 aromatic carbocycles. The van der Waals surface area contributed by atoms with Crippen LogP contribution in [0, 0.1) is 0 Å². The third-order valence-electron chi connectivity index (χ3n) is 3.62. The number of amides is 1. The standard InChI is InChI=1S/C17H13ClF3N3O/c1-23(2)9-12-11-5-3-4-6-14(11)24(16(12)25)15-13(18)7-10(8-22-15)17(19,20)21/h3-9H,1-2H3/b12-9-. The van der Waals surface area contributed by atoms with Crippen molar-refractivity contribution in [2.75, 3.05) is 19.0 Å². The normalized spacial score (nSPS) is 15.7. The molecule has 0 fully saturated rings. The Morgan fingerprint density at radius 1 is 1.24 bits per heavy atom. The van der Waals surface area contributed by atoms with Gasteiger partial charge >= 0.3 is 6.18 Å². The summed E-state index contributed by atoms with van der Waals surface area (Å²) in [6.45, 7) is 0. The molecule has 1 amide bonds. The van der Waals surface area contributed by atoms with Gasteiger partial charge in [-0.1, -0.05) is 29.8 Å². The van der Waals surface area contributed by atoms with Crippen LogP contribution in [-0.2, 0) is 11.0 Å². The quantitative estimate of drug-likeness (QED) is 0.741. The SMILES string of the molecule is CN(C)/C=C1\C(=O)N(c2ncc(C(F)(F)F)cc2Cl)c2ccccc21. The number of alkyl halides is 3. The number of hydrogen-bond acceptors (Lipinski definition) is 3. The van der Waals surface area contributed by atoms with Crippen LogP contribution in [-0.4, -0.2) is 29.9 Å². The molecule has 4 nitrogen and oxygen atoms in total. The fraction of sp³-hybridized carbons (Fsp3) is 0.176. The number of pyridine rings is 1. The molecule has 0 saturated heterocycles. The Labute approximate surface area is 147 Å². The largest absolute Gasteiger partial charge is 0.417 e. The number of anilines is 2. The minimum Gasteiger partial charge on any atom is -0.383 e. The first-order valence-electron chi connectivity index (χ1n) is 7.25. The van der Waals surface area contributed by atoms with Crippen LogP contribution < -0.4 is 4.90 Å². The van der Waals surface area contributed by atoms with E-state index in [9.17, 15) is 18.0 Å². The molecule has 1 aliphatic heterocycles.